The van der Waals surface area contributed by atoms with Gasteiger partial charge in [-0.3, -0.25) is 0 Å². The van der Waals surface area contributed by atoms with Crippen molar-refractivity contribution in [3.8, 4) is 33.4 Å². The minimum absolute atomic E-state index is 0.0559. The number of anilines is 3. The number of halogens is 1. The maximum absolute atomic E-state index is 3.97. The molecule has 2 heteroatoms. The summed E-state index contributed by atoms with van der Waals surface area (Å²) in [5.74, 6) is 0. The fourth-order valence-corrected chi connectivity index (χ4v) is 8.04. The molecule has 0 atom stereocenters. The lowest BCUT2D eigenvalue weighted by Gasteiger charge is -2.44. The summed E-state index contributed by atoms with van der Waals surface area (Å²) in [6, 6.07) is 52.7. The molecule has 0 spiro atoms. The highest BCUT2D eigenvalue weighted by Crippen LogP contribution is 2.62. The summed E-state index contributed by atoms with van der Waals surface area (Å²) >= 11 is 3.97. The predicted molar refractivity (Wildman–Crippen MR) is 205 cm³/mol. The van der Waals surface area contributed by atoms with E-state index in [1.165, 1.54) is 44.5 Å². The van der Waals surface area contributed by atoms with E-state index in [9.17, 15) is 0 Å². The van der Waals surface area contributed by atoms with E-state index >= 15 is 0 Å². The molecule has 0 fully saturated rings. The molecule has 0 radical (unpaired) electrons. The monoisotopic (exact) mass is 675 g/mol. The number of rotatable bonds is 6. The van der Waals surface area contributed by atoms with Crippen LogP contribution in [0.2, 0.25) is 0 Å². The molecule has 0 saturated heterocycles. The van der Waals surface area contributed by atoms with Crippen molar-refractivity contribution < 1.29 is 0 Å². The Morgan fingerprint density at radius 3 is 1.49 bits per heavy atom. The van der Waals surface area contributed by atoms with E-state index < -0.39 is 0 Å². The minimum atomic E-state index is 0.0559. The van der Waals surface area contributed by atoms with Crippen LogP contribution in [-0.4, -0.2) is 0 Å². The molecule has 6 aromatic carbocycles. The van der Waals surface area contributed by atoms with Gasteiger partial charge in [-0.25, -0.2) is 0 Å². The van der Waals surface area contributed by atoms with Crippen LogP contribution < -0.4 is 4.90 Å². The first kappa shape index (κ1) is 31.2. The number of nitrogens with zero attached hydrogens (tertiary/aromatic N) is 1. The highest BCUT2D eigenvalue weighted by molar-refractivity contribution is 9.10. The van der Waals surface area contributed by atoms with Crippen LogP contribution >= 0.6 is 15.9 Å². The van der Waals surface area contributed by atoms with Crippen molar-refractivity contribution in [2.45, 2.75) is 52.4 Å². The molecular weight excluding hydrogens is 634 g/mol. The molecule has 47 heavy (non-hydrogen) atoms. The van der Waals surface area contributed by atoms with Crippen LogP contribution in [0.25, 0.3) is 33.4 Å². The molecule has 6 aromatic rings. The quantitative estimate of drug-likeness (QED) is 0.170. The maximum atomic E-state index is 3.97. The molecular formula is C45H42BrN. The van der Waals surface area contributed by atoms with Gasteiger partial charge in [0.05, 0.1) is 5.69 Å². The zero-order valence-corrected chi connectivity index (χ0v) is 29.8. The first-order valence-corrected chi connectivity index (χ1v) is 17.3. The molecule has 0 saturated carbocycles. The van der Waals surface area contributed by atoms with E-state index in [1.54, 1.807) is 0 Å². The number of para-hydroxylation sites is 2. The van der Waals surface area contributed by atoms with Gasteiger partial charge in [0.15, 0.2) is 0 Å². The normalized spacial score (nSPS) is 15.6. The molecule has 0 N–H and O–H groups in total. The van der Waals surface area contributed by atoms with Crippen LogP contribution in [-0.2, 0) is 10.8 Å². The van der Waals surface area contributed by atoms with Gasteiger partial charge in [-0.1, -0.05) is 161 Å². The van der Waals surface area contributed by atoms with Crippen LogP contribution in [0.4, 0.5) is 17.1 Å². The maximum Gasteiger partial charge on any atom is 0.0540 e. The number of hydrogen-bond donors (Lipinski definition) is 0. The van der Waals surface area contributed by atoms with Gasteiger partial charge in [-0.15, -0.1) is 0 Å². The third kappa shape index (κ3) is 5.15. The van der Waals surface area contributed by atoms with Gasteiger partial charge in [0, 0.05) is 21.4 Å². The van der Waals surface area contributed by atoms with Crippen LogP contribution in [0.3, 0.4) is 0 Å². The predicted octanol–water partition coefficient (Wildman–Crippen LogP) is 13.5. The van der Waals surface area contributed by atoms with Crippen molar-refractivity contribution in [3.05, 3.63) is 161 Å². The second-order valence-electron chi connectivity index (χ2n) is 14.4. The molecule has 0 aliphatic heterocycles. The largest absolute Gasteiger partial charge is 0.310 e. The summed E-state index contributed by atoms with van der Waals surface area (Å²) in [6.45, 7) is 14.5. The van der Waals surface area contributed by atoms with E-state index in [1.807, 2.05) is 0 Å². The number of benzene rings is 6. The number of fused-ring (bicyclic) bond motifs is 1. The second-order valence-corrected chi connectivity index (χ2v) is 15.3. The molecule has 0 aromatic heterocycles. The first-order valence-electron chi connectivity index (χ1n) is 16.6. The summed E-state index contributed by atoms with van der Waals surface area (Å²) in [4.78, 5) is 2.36. The van der Waals surface area contributed by atoms with E-state index in [2.05, 4.69) is 208 Å². The Morgan fingerprint density at radius 1 is 0.426 bits per heavy atom. The first-order chi connectivity index (χ1) is 22.5. The molecule has 0 bridgehead atoms. The van der Waals surface area contributed by atoms with Gasteiger partial charge in [0.25, 0.3) is 0 Å². The number of hydrogen-bond acceptors (Lipinski definition) is 1. The highest BCUT2D eigenvalue weighted by Gasteiger charge is 2.56. The lowest BCUT2D eigenvalue weighted by molar-refractivity contribution is 0.125. The van der Waals surface area contributed by atoms with Crippen molar-refractivity contribution in [3.63, 3.8) is 0 Å². The average molecular weight is 677 g/mol. The lowest BCUT2D eigenvalue weighted by atomic mass is 9.59. The summed E-state index contributed by atoms with van der Waals surface area (Å²) in [5.41, 5.74) is 13.8. The van der Waals surface area contributed by atoms with Crippen LogP contribution in [0.15, 0.2) is 150 Å². The second kappa shape index (κ2) is 11.7. The Kier molecular flexibility index (Phi) is 7.76. The topological polar surface area (TPSA) is 3.24 Å². The molecule has 0 heterocycles. The SMILES string of the molecule is CC1(C)c2cc(Br)c(-c3ccc(-c4ccccc4N(c4ccccc4)c4ccc(-c5ccccc5)cc4)cc3)cc2C(C)(C)C1(C)C. The summed E-state index contributed by atoms with van der Waals surface area (Å²) in [7, 11) is 0. The smallest absolute Gasteiger partial charge is 0.0540 e. The van der Waals surface area contributed by atoms with Crippen molar-refractivity contribution in [2.24, 2.45) is 5.41 Å². The Morgan fingerprint density at radius 2 is 0.872 bits per heavy atom. The van der Waals surface area contributed by atoms with Crippen LogP contribution in [0.1, 0.15) is 52.7 Å². The summed E-state index contributed by atoms with van der Waals surface area (Å²) in [6.07, 6.45) is 0. The Balaban J connectivity index is 1.28. The average Bonchev–Trinajstić information content (AvgIpc) is 3.19. The van der Waals surface area contributed by atoms with Gasteiger partial charge in [0.2, 0.25) is 0 Å². The van der Waals surface area contributed by atoms with Crippen molar-refractivity contribution >= 4 is 33.0 Å². The van der Waals surface area contributed by atoms with E-state index in [-0.39, 0.29) is 16.2 Å². The minimum Gasteiger partial charge on any atom is -0.310 e. The third-order valence-corrected chi connectivity index (χ3v) is 12.1. The molecule has 234 valence electrons. The van der Waals surface area contributed by atoms with Crippen molar-refractivity contribution in [2.75, 3.05) is 4.90 Å². The standard InChI is InChI=1S/C45H42BrN/c1-43(2)39-29-38(41(46)30-40(39)44(3,4)45(43,5)6)34-23-21-33(22-24-34)37-19-13-14-20-42(37)47(35-17-11-8-12-18-35)36-27-25-32(26-28-36)31-15-9-7-10-16-31/h7-30H,1-6H3. The zero-order chi connectivity index (χ0) is 33.0. The van der Waals surface area contributed by atoms with E-state index in [0.717, 1.165) is 21.5 Å². The third-order valence-electron chi connectivity index (χ3n) is 11.5. The van der Waals surface area contributed by atoms with E-state index in [0.29, 0.717) is 0 Å². The molecule has 0 amide bonds. The summed E-state index contributed by atoms with van der Waals surface area (Å²) in [5, 5.41) is 0. The molecule has 0 unspecified atom stereocenters. The van der Waals surface area contributed by atoms with Crippen LogP contribution in [0, 0.1) is 5.41 Å². The van der Waals surface area contributed by atoms with Gasteiger partial charge in [-0.2, -0.15) is 0 Å². The van der Waals surface area contributed by atoms with Gasteiger partial charge < -0.3 is 4.90 Å². The van der Waals surface area contributed by atoms with Gasteiger partial charge in [-0.05, 0) is 97.7 Å². The van der Waals surface area contributed by atoms with E-state index in [4.69, 9.17) is 0 Å². The Labute approximate surface area is 289 Å². The fraction of sp³-hybridized carbons (Fsp3) is 0.200. The van der Waals surface area contributed by atoms with Crippen molar-refractivity contribution in [1.82, 2.24) is 0 Å². The molecule has 1 nitrogen and oxygen atoms in total. The Bertz CT molecular complexity index is 2040. The Hall–Kier alpha value is -4.40. The zero-order valence-electron chi connectivity index (χ0n) is 28.2. The molecule has 1 aliphatic rings. The molecule has 7 rings (SSSR count). The van der Waals surface area contributed by atoms with Gasteiger partial charge >= 0.3 is 0 Å². The van der Waals surface area contributed by atoms with Gasteiger partial charge in [0.1, 0.15) is 0 Å². The summed E-state index contributed by atoms with van der Waals surface area (Å²) < 4.78 is 1.15. The fourth-order valence-electron chi connectivity index (χ4n) is 7.46. The lowest BCUT2D eigenvalue weighted by Crippen LogP contribution is -2.42. The van der Waals surface area contributed by atoms with Crippen molar-refractivity contribution in [1.29, 1.82) is 0 Å². The highest BCUT2D eigenvalue weighted by atomic mass is 79.9. The molecule has 1 aliphatic carbocycles. The van der Waals surface area contributed by atoms with Crippen LogP contribution in [0.5, 0.6) is 0 Å².